The lowest BCUT2D eigenvalue weighted by atomic mass is 10.2. The lowest BCUT2D eigenvalue weighted by Gasteiger charge is -2.21. The molecule has 0 N–H and O–H groups in total. The number of anilines is 1. The molecular formula is C20H21BrF3N3O4. The molecule has 3 rings (SSSR count). The first-order valence-corrected chi connectivity index (χ1v) is 10.1. The number of pyridine rings is 2. The van der Waals surface area contributed by atoms with Crippen LogP contribution >= 0.6 is 15.9 Å². The van der Waals surface area contributed by atoms with Gasteiger partial charge in [-0.1, -0.05) is 0 Å². The summed E-state index contributed by atoms with van der Waals surface area (Å²) in [4.78, 5) is 21.1. The molecule has 168 valence electrons. The lowest BCUT2D eigenvalue weighted by Crippen LogP contribution is -2.29. The summed E-state index contributed by atoms with van der Waals surface area (Å²) in [6.45, 7) is 5.91. The Bertz CT molecular complexity index is 933. The van der Waals surface area contributed by atoms with E-state index in [1.54, 1.807) is 0 Å². The highest BCUT2D eigenvalue weighted by Gasteiger charge is 2.36. The second-order valence-corrected chi connectivity index (χ2v) is 8.76. The number of amides is 1. The fourth-order valence-corrected chi connectivity index (χ4v) is 3.14. The number of alkyl halides is 3. The Kier molecular flexibility index (Phi) is 6.75. The number of carbonyl (C=O) groups excluding carboxylic acids is 1. The fraction of sp³-hybridized carbons (Fsp3) is 0.450. The van der Waals surface area contributed by atoms with Crippen molar-refractivity contribution in [3.05, 3.63) is 46.3 Å². The molecular weight excluding hydrogens is 483 g/mol. The third-order valence-corrected chi connectivity index (χ3v) is 4.60. The standard InChI is InChI=1S/C20H21BrF3N3O4/c1-19(2,3)30-11-15-9-27(18(28)31-15)16-5-4-14(8-25-16)29-10-12-6-13(21)7-26-17(12)20(22,23)24/h4-8,15H,9-11H2,1-3H3. The molecule has 1 atom stereocenters. The van der Waals surface area contributed by atoms with Crippen LogP contribution in [0.15, 0.2) is 35.1 Å². The number of ether oxygens (including phenoxy) is 3. The Hall–Kier alpha value is -2.40. The number of aromatic nitrogens is 2. The van der Waals surface area contributed by atoms with Crippen molar-refractivity contribution in [1.82, 2.24) is 9.97 Å². The zero-order valence-corrected chi connectivity index (χ0v) is 18.7. The summed E-state index contributed by atoms with van der Waals surface area (Å²) in [5, 5.41) is 0. The molecule has 11 heteroatoms. The quantitative estimate of drug-likeness (QED) is 0.553. The molecule has 1 fully saturated rings. The highest BCUT2D eigenvalue weighted by atomic mass is 79.9. The highest BCUT2D eigenvalue weighted by Crippen LogP contribution is 2.32. The Balaban J connectivity index is 1.63. The van der Waals surface area contributed by atoms with Gasteiger partial charge in [0.15, 0.2) is 5.69 Å². The molecule has 0 aliphatic carbocycles. The van der Waals surface area contributed by atoms with Crippen molar-refractivity contribution in [3.63, 3.8) is 0 Å². The maximum Gasteiger partial charge on any atom is 0.433 e. The third-order valence-electron chi connectivity index (χ3n) is 4.17. The van der Waals surface area contributed by atoms with Crippen molar-refractivity contribution in [2.75, 3.05) is 18.1 Å². The maximum absolute atomic E-state index is 13.1. The van der Waals surface area contributed by atoms with E-state index in [1.165, 1.54) is 29.3 Å². The van der Waals surface area contributed by atoms with Gasteiger partial charge in [0.2, 0.25) is 0 Å². The molecule has 1 aliphatic rings. The van der Waals surface area contributed by atoms with E-state index >= 15 is 0 Å². The molecule has 31 heavy (non-hydrogen) atoms. The van der Waals surface area contributed by atoms with Crippen molar-refractivity contribution >= 4 is 27.8 Å². The molecule has 7 nitrogen and oxygen atoms in total. The molecule has 1 amide bonds. The Labute approximate surface area is 185 Å². The van der Waals surface area contributed by atoms with Crippen LogP contribution in [0.3, 0.4) is 0 Å². The summed E-state index contributed by atoms with van der Waals surface area (Å²) in [6, 6.07) is 4.36. The summed E-state index contributed by atoms with van der Waals surface area (Å²) in [6.07, 6.45) is -3.14. The number of rotatable bonds is 6. The largest absolute Gasteiger partial charge is 0.487 e. The van der Waals surface area contributed by atoms with Crippen molar-refractivity contribution in [3.8, 4) is 5.75 Å². The van der Waals surface area contributed by atoms with E-state index in [0.717, 1.165) is 6.20 Å². The molecule has 1 unspecified atom stereocenters. The molecule has 0 aromatic carbocycles. The molecule has 0 radical (unpaired) electrons. The van der Waals surface area contributed by atoms with Crippen molar-refractivity contribution < 1.29 is 32.2 Å². The minimum atomic E-state index is -4.59. The molecule has 0 bridgehead atoms. The zero-order valence-electron chi connectivity index (χ0n) is 17.1. The van der Waals surface area contributed by atoms with Gasteiger partial charge in [-0.15, -0.1) is 0 Å². The number of hydrogen-bond acceptors (Lipinski definition) is 6. The smallest absolute Gasteiger partial charge is 0.433 e. The summed E-state index contributed by atoms with van der Waals surface area (Å²) >= 11 is 3.11. The number of hydrogen-bond donors (Lipinski definition) is 0. The number of carbonyl (C=O) groups is 1. The van der Waals surface area contributed by atoms with Gasteiger partial charge in [0.1, 0.15) is 24.3 Å². The van der Waals surface area contributed by atoms with Gasteiger partial charge in [0, 0.05) is 16.2 Å². The van der Waals surface area contributed by atoms with Crippen molar-refractivity contribution in [1.29, 1.82) is 0 Å². The normalized spacial score (nSPS) is 17.1. The van der Waals surface area contributed by atoms with Crippen LogP contribution in [0.25, 0.3) is 0 Å². The van der Waals surface area contributed by atoms with Gasteiger partial charge in [-0.3, -0.25) is 9.88 Å². The monoisotopic (exact) mass is 503 g/mol. The van der Waals surface area contributed by atoms with E-state index in [4.69, 9.17) is 14.2 Å². The minimum Gasteiger partial charge on any atom is -0.487 e. The van der Waals surface area contributed by atoms with Crippen LogP contribution in [0.4, 0.5) is 23.8 Å². The average molecular weight is 504 g/mol. The first-order valence-electron chi connectivity index (χ1n) is 9.35. The second kappa shape index (κ2) is 8.99. The maximum atomic E-state index is 13.1. The molecule has 1 aliphatic heterocycles. The van der Waals surface area contributed by atoms with E-state index < -0.39 is 24.1 Å². The van der Waals surface area contributed by atoms with Gasteiger partial charge in [0.25, 0.3) is 0 Å². The van der Waals surface area contributed by atoms with Gasteiger partial charge in [-0.05, 0) is 54.9 Å². The molecule has 2 aromatic heterocycles. The van der Waals surface area contributed by atoms with Crippen LogP contribution in [-0.2, 0) is 22.3 Å². The zero-order chi connectivity index (χ0) is 22.8. The fourth-order valence-electron chi connectivity index (χ4n) is 2.76. The Morgan fingerprint density at radius 2 is 1.97 bits per heavy atom. The average Bonchev–Trinajstić information content (AvgIpc) is 3.04. The Morgan fingerprint density at radius 3 is 2.58 bits per heavy atom. The van der Waals surface area contributed by atoms with E-state index in [-0.39, 0.29) is 36.7 Å². The molecule has 3 heterocycles. The predicted molar refractivity (Wildman–Crippen MR) is 109 cm³/mol. The third kappa shape index (κ3) is 6.30. The molecule has 2 aromatic rings. The Morgan fingerprint density at radius 1 is 1.23 bits per heavy atom. The van der Waals surface area contributed by atoms with E-state index in [1.807, 2.05) is 20.8 Å². The van der Waals surface area contributed by atoms with Crippen molar-refractivity contribution in [2.45, 2.75) is 45.3 Å². The van der Waals surface area contributed by atoms with Gasteiger partial charge in [-0.25, -0.2) is 9.78 Å². The van der Waals surface area contributed by atoms with Crippen LogP contribution in [0.5, 0.6) is 5.75 Å². The van der Waals surface area contributed by atoms with Crippen LogP contribution in [0.2, 0.25) is 0 Å². The summed E-state index contributed by atoms with van der Waals surface area (Å²) in [5.74, 6) is 0.591. The molecule has 1 saturated heterocycles. The van der Waals surface area contributed by atoms with E-state index in [0.29, 0.717) is 10.3 Å². The first-order chi connectivity index (χ1) is 14.4. The van der Waals surface area contributed by atoms with Gasteiger partial charge in [0.05, 0.1) is 24.9 Å². The summed E-state index contributed by atoms with van der Waals surface area (Å²) in [5.41, 5.74) is -1.48. The SMILES string of the molecule is CC(C)(C)OCC1CN(c2ccc(OCc3cc(Br)cnc3C(F)(F)F)cn2)C(=O)O1. The van der Waals surface area contributed by atoms with Gasteiger partial charge >= 0.3 is 12.3 Å². The van der Waals surface area contributed by atoms with Crippen LogP contribution < -0.4 is 9.64 Å². The number of nitrogens with zero attached hydrogens (tertiary/aromatic N) is 3. The number of cyclic esters (lactones) is 1. The highest BCUT2D eigenvalue weighted by molar-refractivity contribution is 9.10. The van der Waals surface area contributed by atoms with Crippen LogP contribution in [-0.4, -0.2) is 40.9 Å². The van der Waals surface area contributed by atoms with Crippen LogP contribution in [0.1, 0.15) is 32.0 Å². The topological polar surface area (TPSA) is 73.8 Å². The second-order valence-electron chi connectivity index (χ2n) is 7.84. The lowest BCUT2D eigenvalue weighted by molar-refractivity contribution is -0.142. The van der Waals surface area contributed by atoms with Gasteiger partial charge < -0.3 is 14.2 Å². The van der Waals surface area contributed by atoms with E-state index in [2.05, 4.69) is 25.9 Å². The number of halogens is 4. The van der Waals surface area contributed by atoms with Crippen molar-refractivity contribution in [2.24, 2.45) is 0 Å². The van der Waals surface area contributed by atoms with Gasteiger partial charge in [-0.2, -0.15) is 13.2 Å². The minimum absolute atomic E-state index is 0.115. The predicted octanol–water partition coefficient (Wildman–Crippen LogP) is 4.98. The molecule has 0 spiro atoms. The summed E-state index contributed by atoms with van der Waals surface area (Å²) < 4.78 is 56.1. The molecule has 0 saturated carbocycles. The first kappa shape index (κ1) is 23.3. The van der Waals surface area contributed by atoms with Crippen LogP contribution in [0, 0.1) is 0 Å². The summed E-state index contributed by atoms with van der Waals surface area (Å²) in [7, 11) is 0. The van der Waals surface area contributed by atoms with E-state index in [9.17, 15) is 18.0 Å².